The van der Waals surface area contributed by atoms with Crippen LogP contribution in [0.1, 0.15) is 11.4 Å². The van der Waals surface area contributed by atoms with E-state index in [4.69, 9.17) is 10.6 Å². The van der Waals surface area contributed by atoms with E-state index in [1.807, 2.05) is 0 Å². The number of rotatable bonds is 8. The van der Waals surface area contributed by atoms with Crippen LogP contribution in [0.15, 0.2) is 51.5 Å². The van der Waals surface area contributed by atoms with E-state index < -0.39 is 47.0 Å². The van der Waals surface area contributed by atoms with Gasteiger partial charge in [0.1, 0.15) is 28.5 Å². The smallest absolute Gasteiger partial charge is 0.352 e. The van der Waals surface area contributed by atoms with Crippen molar-refractivity contribution in [3.63, 3.8) is 0 Å². The zero-order valence-corrected chi connectivity index (χ0v) is 19.8. The Labute approximate surface area is 209 Å². The lowest BCUT2D eigenvalue weighted by molar-refractivity contribution is -0.150. The second kappa shape index (κ2) is 9.74. The van der Waals surface area contributed by atoms with Gasteiger partial charge in [-0.05, 0) is 5.57 Å². The van der Waals surface area contributed by atoms with Gasteiger partial charge >= 0.3 is 5.97 Å². The number of carbonyl (C=O) groups excluding carboxylic acids is 2. The molecule has 14 nitrogen and oxygen atoms in total. The van der Waals surface area contributed by atoms with Gasteiger partial charge in [-0.1, -0.05) is 17.8 Å². The molecular weight excluding hydrogens is 516 g/mol. The molecule has 2 aromatic heterocycles. The number of nitrogens with one attached hydrogen (secondary N) is 1. The maximum Gasteiger partial charge on any atom is 0.352 e. The molecule has 2 aliphatic heterocycles. The van der Waals surface area contributed by atoms with Crippen molar-refractivity contribution in [2.75, 3.05) is 11.5 Å². The first-order valence-electron chi connectivity index (χ1n) is 10.0. The van der Waals surface area contributed by atoms with Crippen LogP contribution in [-0.4, -0.2) is 70.7 Å². The fourth-order valence-corrected chi connectivity index (χ4v) is 5.32. The first kappa shape index (κ1) is 24.8. The van der Waals surface area contributed by atoms with E-state index in [1.165, 1.54) is 23.2 Å². The van der Waals surface area contributed by atoms with Crippen LogP contribution < -0.4 is 16.5 Å². The number of aromatic hydroxyl groups is 1. The van der Waals surface area contributed by atoms with Gasteiger partial charge in [-0.2, -0.15) is 4.73 Å². The fraction of sp³-hybridized carbons (Fsp3) is 0.200. The number of β-lactam (4-membered cyclic amide) rings is 1. The van der Waals surface area contributed by atoms with Gasteiger partial charge in [0.2, 0.25) is 5.43 Å². The number of thioether (sulfide) groups is 1. The lowest BCUT2D eigenvalue weighted by atomic mass is 10.0. The van der Waals surface area contributed by atoms with Gasteiger partial charge < -0.3 is 31.3 Å². The highest BCUT2D eigenvalue weighted by atomic mass is 32.2. The summed E-state index contributed by atoms with van der Waals surface area (Å²) in [5, 5.41) is 35.9. The van der Waals surface area contributed by atoms with Crippen molar-refractivity contribution in [1.82, 2.24) is 19.9 Å². The highest BCUT2D eigenvalue weighted by molar-refractivity contribution is 8.00. The SMILES string of the molecule is C=CC1=C(C(=O)O)N2C(=O)[C@@H](NC(=O)C(=NOCc3cc(=O)c(O)cn3O)c3csc(N)n3)[C@H]2SC1. The molecule has 4 rings (SSSR count). The van der Waals surface area contributed by atoms with Crippen LogP contribution in [0, 0.1) is 0 Å². The van der Waals surface area contributed by atoms with E-state index in [-0.39, 0.29) is 33.7 Å². The Morgan fingerprint density at radius 1 is 1.42 bits per heavy atom. The third-order valence-corrected chi connectivity index (χ3v) is 7.15. The standard InChI is InChI=1S/C20H18N6O8S2/c1-2-8-6-35-18-14(17(30)26(18)15(8)19(31)32)23-16(29)13(10-7-36-20(21)22-10)24-34-5-9-3-11(27)12(28)4-25(9)33/h2-4,7,14,18,28,33H,1,5-6H2,(H2,21,22)(H,23,29)(H,31,32)/t14-,18-/m1/s1. The first-order chi connectivity index (χ1) is 17.1. The van der Waals surface area contributed by atoms with Crippen LogP contribution >= 0.6 is 23.1 Å². The Kier molecular flexibility index (Phi) is 6.71. The molecule has 2 amide bonds. The van der Waals surface area contributed by atoms with E-state index in [0.717, 1.165) is 28.5 Å². The predicted molar refractivity (Wildman–Crippen MR) is 127 cm³/mol. The maximum absolute atomic E-state index is 13.1. The lowest BCUT2D eigenvalue weighted by Gasteiger charge is -2.49. The van der Waals surface area contributed by atoms with Crippen molar-refractivity contribution < 1.29 is 34.6 Å². The summed E-state index contributed by atoms with van der Waals surface area (Å²) in [5.41, 5.74) is 4.73. The minimum Gasteiger partial charge on any atom is -0.503 e. The largest absolute Gasteiger partial charge is 0.503 e. The molecule has 1 fully saturated rings. The number of fused-ring (bicyclic) bond motifs is 1. The average Bonchev–Trinajstić information content (AvgIpc) is 3.27. The third kappa shape index (κ3) is 4.50. The van der Waals surface area contributed by atoms with Crippen molar-refractivity contribution in [2.45, 2.75) is 18.0 Å². The molecule has 0 aromatic carbocycles. The topological polar surface area (TPSA) is 210 Å². The van der Waals surface area contributed by atoms with Crippen molar-refractivity contribution in [3.05, 3.63) is 63.2 Å². The third-order valence-electron chi connectivity index (χ3n) is 5.17. The van der Waals surface area contributed by atoms with Gasteiger partial charge in [0.25, 0.3) is 11.8 Å². The number of nitrogens with two attached hydrogens (primary N) is 1. The average molecular weight is 535 g/mol. The van der Waals surface area contributed by atoms with Gasteiger partial charge in [0.05, 0.1) is 6.20 Å². The molecule has 0 radical (unpaired) electrons. The zero-order chi connectivity index (χ0) is 26.1. The summed E-state index contributed by atoms with van der Waals surface area (Å²) in [4.78, 5) is 59.3. The van der Waals surface area contributed by atoms with Crippen LogP contribution in [0.4, 0.5) is 5.13 Å². The van der Waals surface area contributed by atoms with E-state index in [0.29, 0.717) is 10.3 Å². The Morgan fingerprint density at radius 3 is 2.81 bits per heavy atom. The number of aromatic nitrogens is 2. The quantitative estimate of drug-likeness (QED) is 0.128. The number of anilines is 1. The molecule has 188 valence electrons. The van der Waals surface area contributed by atoms with Gasteiger partial charge in [0.15, 0.2) is 23.2 Å². The minimum absolute atomic E-state index is 0.0436. The number of nitrogen functional groups attached to an aromatic ring is 1. The molecular formula is C20H18N6O8S2. The van der Waals surface area contributed by atoms with Crippen LogP contribution in [0.3, 0.4) is 0 Å². The Bertz CT molecular complexity index is 1400. The monoisotopic (exact) mass is 534 g/mol. The number of hydrogen-bond donors (Lipinski definition) is 5. The molecule has 36 heavy (non-hydrogen) atoms. The molecule has 0 unspecified atom stereocenters. The summed E-state index contributed by atoms with van der Waals surface area (Å²) in [5.74, 6) is -3.14. The van der Waals surface area contributed by atoms with Crippen LogP contribution in [-0.2, 0) is 25.8 Å². The number of amides is 2. The Morgan fingerprint density at radius 2 is 2.17 bits per heavy atom. The number of hydrogen-bond acceptors (Lipinski definition) is 12. The maximum atomic E-state index is 13.1. The summed E-state index contributed by atoms with van der Waals surface area (Å²) >= 11 is 2.29. The highest BCUT2D eigenvalue weighted by Gasteiger charge is 2.54. The van der Waals surface area contributed by atoms with E-state index in [1.54, 1.807) is 0 Å². The van der Waals surface area contributed by atoms with Crippen LogP contribution in [0.5, 0.6) is 5.75 Å². The number of oxime groups is 1. The molecule has 2 atom stereocenters. The number of carboxylic acids is 1. The number of carboxylic acid groups (broad SMARTS) is 1. The van der Waals surface area contributed by atoms with Gasteiger partial charge in [0, 0.05) is 17.2 Å². The molecule has 0 spiro atoms. The number of carbonyl (C=O) groups is 3. The second-order valence-electron chi connectivity index (χ2n) is 7.39. The van der Waals surface area contributed by atoms with E-state index in [2.05, 4.69) is 22.0 Å². The molecule has 1 saturated heterocycles. The van der Waals surface area contributed by atoms with E-state index >= 15 is 0 Å². The number of pyridine rings is 1. The predicted octanol–water partition coefficient (Wildman–Crippen LogP) is -0.325. The van der Waals surface area contributed by atoms with Crippen molar-refractivity contribution in [2.24, 2.45) is 5.16 Å². The summed E-state index contributed by atoms with van der Waals surface area (Å²) in [6.45, 7) is 3.12. The normalized spacial score (nSPS) is 19.4. The van der Waals surface area contributed by atoms with Crippen molar-refractivity contribution in [3.8, 4) is 5.75 Å². The van der Waals surface area contributed by atoms with E-state index in [9.17, 15) is 34.6 Å². The molecule has 6 N–H and O–H groups in total. The molecule has 4 heterocycles. The molecule has 2 aliphatic rings. The van der Waals surface area contributed by atoms with Gasteiger partial charge in [-0.3, -0.25) is 19.3 Å². The summed E-state index contributed by atoms with van der Waals surface area (Å²) in [6, 6.07) is -0.123. The van der Waals surface area contributed by atoms with Crippen LogP contribution in [0.2, 0.25) is 0 Å². The Hall–Kier alpha value is -4.31. The fourth-order valence-electron chi connectivity index (χ4n) is 3.43. The minimum atomic E-state index is -1.28. The van der Waals surface area contributed by atoms with Crippen LogP contribution in [0.25, 0.3) is 0 Å². The van der Waals surface area contributed by atoms with Gasteiger partial charge in [-0.15, -0.1) is 23.1 Å². The van der Waals surface area contributed by atoms with Gasteiger partial charge in [-0.25, -0.2) is 9.78 Å². The number of nitrogens with zero attached hydrogens (tertiary/aromatic N) is 4. The zero-order valence-electron chi connectivity index (χ0n) is 18.2. The number of thiazole rings is 1. The molecule has 0 bridgehead atoms. The number of aliphatic carboxylic acids is 1. The van der Waals surface area contributed by atoms with Crippen molar-refractivity contribution in [1.29, 1.82) is 0 Å². The summed E-state index contributed by atoms with van der Waals surface area (Å²) in [7, 11) is 0. The van der Waals surface area contributed by atoms with Crippen molar-refractivity contribution >= 4 is 51.7 Å². The molecule has 0 aliphatic carbocycles. The highest BCUT2D eigenvalue weighted by Crippen LogP contribution is 2.40. The lowest BCUT2D eigenvalue weighted by Crippen LogP contribution is -2.71. The first-order valence-corrected chi connectivity index (χ1v) is 11.9. The second-order valence-corrected chi connectivity index (χ2v) is 9.38. The summed E-state index contributed by atoms with van der Waals surface area (Å²) in [6.07, 6.45) is 2.15. The number of allylic oxidation sites excluding steroid dienone is 1. The molecule has 16 heteroatoms. The Balaban J connectivity index is 1.54. The molecule has 0 saturated carbocycles. The molecule has 2 aromatic rings. The summed E-state index contributed by atoms with van der Waals surface area (Å²) < 4.78 is 0.458.